The molecule has 11 heavy (non-hydrogen) atoms. The minimum absolute atomic E-state index is 0.729. The molecule has 0 saturated heterocycles. The standard InChI is InChI=1S/C6H9ClN2.C2H6/c1-4-5(2)8-9(3)6(4)7;1-2/h1-3H3;1-2H3. The van der Waals surface area contributed by atoms with E-state index in [0.717, 1.165) is 16.4 Å². The Bertz CT molecular complexity index is 206. The summed E-state index contributed by atoms with van der Waals surface area (Å²) in [6, 6.07) is 0. The average molecular weight is 175 g/mol. The smallest absolute Gasteiger partial charge is 0.129 e. The molecule has 0 aliphatic heterocycles. The molecular weight excluding hydrogens is 160 g/mol. The maximum atomic E-state index is 5.80. The van der Waals surface area contributed by atoms with Crippen molar-refractivity contribution in [3.63, 3.8) is 0 Å². The van der Waals surface area contributed by atoms with Crippen molar-refractivity contribution < 1.29 is 0 Å². The van der Waals surface area contributed by atoms with Crippen molar-refractivity contribution in [2.75, 3.05) is 0 Å². The Hall–Kier alpha value is -0.500. The van der Waals surface area contributed by atoms with Gasteiger partial charge in [-0.05, 0) is 13.8 Å². The van der Waals surface area contributed by atoms with Crippen molar-refractivity contribution in [2.45, 2.75) is 27.7 Å². The van der Waals surface area contributed by atoms with E-state index in [0.29, 0.717) is 0 Å². The Morgan fingerprint density at radius 2 is 1.73 bits per heavy atom. The number of halogens is 1. The lowest BCUT2D eigenvalue weighted by Crippen LogP contribution is -1.88. The van der Waals surface area contributed by atoms with Gasteiger partial charge in [-0.3, -0.25) is 4.68 Å². The van der Waals surface area contributed by atoms with E-state index in [4.69, 9.17) is 11.6 Å². The average Bonchev–Trinajstić information content (AvgIpc) is 2.22. The van der Waals surface area contributed by atoms with Gasteiger partial charge in [-0.1, -0.05) is 25.4 Å². The Kier molecular flexibility index (Phi) is 4.19. The predicted octanol–water partition coefficient (Wildman–Crippen LogP) is 2.72. The molecule has 1 heterocycles. The zero-order valence-electron chi connectivity index (χ0n) is 7.77. The lowest BCUT2D eigenvalue weighted by molar-refractivity contribution is 0.757. The van der Waals surface area contributed by atoms with Crippen molar-refractivity contribution >= 4 is 11.6 Å². The minimum atomic E-state index is 0.729. The highest BCUT2D eigenvalue weighted by atomic mass is 35.5. The van der Waals surface area contributed by atoms with E-state index in [9.17, 15) is 0 Å². The van der Waals surface area contributed by atoms with Crippen molar-refractivity contribution in [2.24, 2.45) is 7.05 Å². The number of nitrogens with zero attached hydrogens (tertiary/aromatic N) is 2. The number of hydrogen-bond donors (Lipinski definition) is 0. The molecule has 0 unspecified atom stereocenters. The molecule has 0 bridgehead atoms. The van der Waals surface area contributed by atoms with Gasteiger partial charge in [-0.15, -0.1) is 0 Å². The van der Waals surface area contributed by atoms with Gasteiger partial charge in [0.05, 0.1) is 5.69 Å². The van der Waals surface area contributed by atoms with Crippen molar-refractivity contribution in [1.82, 2.24) is 9.78 Å². The Labute approximate surface area is 73.2 Å². The fourth-order valence-electron chi connectivity index (χ4n) is 0.736. The van der Waals surface area contributed by atoms with E-state index >= 15 is 0 Å². The monoisotopic (exact) mass is 174 g/mol. The van der Waals surface area contributed by atoms with Gasteiger partial charge in [0.1, 0.15) is 5.15 Å². The van der Waals surface area contributed by atoms with Crippen LogP contribution in [0.1, 0.15) is 25.1 Å². The van der Waals surface area contributed by atoms with Crippen LogP contribution in [0.2, 0.25) is 5.15 Å². The van der Waals surface area contributed by atoms with Gasteiger partial charge in [-0.25, -0.2) is 0 Å². The molecule has 64 valence electrons. The molecular formula is C8H15ClN2. The van der Waals surface area contributed by atoms with E-state index in [-0.39, 0.29) is 0 Å². The molecule has 0 N–H and O–H groups in total. The minimum Gasteiger partial charge on any atom is -0.257 e. The maximum absolute atomic E-state index is 5.80. The highest BCUT2D eigenvalue weighted by Gasteiger charge is 2.03. The lowest BCUT2D eigenvalue weighted by atomic mass is 10.3. The van der Waals surface area contributed by atoms with E-state index in [1.165, 1.54) is 0 Å². The molecule has 0 fully saturated rings. The predicted molar refractivity (Wildman–Crippen MR) is 49.0 cm³/mol. The third kappa shape index (κ3) is 2.22. The summed E-state index contributed by atoms with van der Waals surface area (Å²) in [6.07, 6.45) is 0. The van der Waals surface area contributed by atoms with Gasteiger partial charge in [0.15, 0.2) is 0 Å². The Balaban J connectivity index is 0.000000461. The normalized spacial score (nSPS) is 8.91. The summed E-state index contributed by atoms with van der Waals surface area (Å²) in [7, 11) is 1.84. The van der Waals surface area contributed by atoms with E-state index in [1.807, 2.05) is 34.7 Å². The molecule has 0 amide bonds. The molecule has 0 aliphatic carbocycles. The molecule has 0 aliphatic rings. The Morgan fingerprint density at radius 3 is 1.82 bits per heavy atom. The van der Waals surface area contributed by atoms with Gasteiger partial charge in [-0.2, -0.15) is 5.10 Å². The molecule has 0 radical (unpaired) electrons. The van der Waals surface area contributed by atoms with E-state index in [2.05, 4.69) is 5.10 Å². The first-order chi connectivity index (χ1) is 5.13. The molecule has 0 saturated carbocycles. The summed E-state index contributed by atoms with van der Waals surface area (Å²) in [4.78, 5) is 0. The lowest BCUT2D eigenvalue weighted by Gasteiger charge is -1.87. The summed E-state index contributed by atoms with van der Waals surface area (Å²) in [5.41, 5.74) is 2.07. The van der Waals surface area contributed by atoms with Crippen LogP contribution in [-0.4, -0.2) is 9.78 Å². The molecule has 1 rings (SSSR count). The molecule has 3 heteroatoms. The van der Waals surface area contributed by atoms with Gasteiger partial charge in [0.2, 0.25) is 0 Å². The summed E-state index contributed by atoms with van der Waals surface area (Å²) in [5.74, 6) is 0. The first kappa shape index (κ1) is 10.5. The molecule has 2 nitrogen and oxygen atoms in total. The van der Waals surface area contributed by atoms with Crippen LogP contribution in [0.5, 0.6) is 0 Å². The quantitative estimate of drug-likeness (QED) is 0.592. The molecule has 1 aromatic rings. The van der Waals surface area contributed by atoms with Crippen molar-refractivity contribution in [3.05, 3.63) is 16.4 Å². The number of aromatic nitrogens is 2. The van der Waals surface area contributed by atoms with E-state index in [1.54, 1.807) is 4.68 Å². The van der Waals surface area contributed by atoms with E-state index < -0.39 is 0 Å². The number of hydrogen-bond acceptors (Lipinski definition) is 1. The SMILES string of the molecule is CC.Cc1nn(C)c(Cl)c1C. The summed E-state index contributed by atoms with van der Waals surface area (Å²) in [5, 5.41) is 4.82. The zero-order chi connectivity index (χ0) is 9.02. The maximum Gasteiger partial charge on any atom is 0.129 e. The zero-order valence-corrected chi connectivity index (χ0v) is 8.53. The topological polar surface area (TPSA) is 17.8 Å². The highest BCUT2D eigenvalue weighted by molar-refractivity contribution is 6.30. The highest BCUT2D eigenvalue weighted by Crippen LogP contribution is 2.15. The number of rotatable bonds is 0. The second-order valence-electron chi connectivity index (χ2n) is 2.12. The number of aryl methyl sites for hydroxylation is 2. The van der Waals surface area contributed by atoms with Crippen LogP contribution in [0.3, 0.4) is 0 Å². The van der Waals surface area contributed by atoms with Crippen LogP contribution in [-0.2, 0) is 7.05 Å². The van der Waals surface area contributed by atoms with Crippen molar-refractivity contribution in [3.8, 4) is 0 Å². The van der Waals surface area contributed by atoms with Crippen LogP contribution in [0.25, 0.3) is 0 Å². The fraction of sp³-hybridized carbons (Fsp3) is 0.625. The third-order valence-electron chi connectivity index (χ3n) is 1.44. The molecule has 1 aromatic heterocycles. The molecule has 0 atom stereocenters. The summed E-state index contributed by atoms with van der Waals surface area (Å²) in [6.45, 7) is 7.91. The van der Waals surface area contributed by atoms with Crippen LogP contribution >= 0.6 is 11.6 Å². The largest absolute Gasteiger partial charge is 0.257 e. The Morgan fingerprint density at radius 1 is 1.27 bits per heavy atom. The van der Waals surface area contributed by atoms with Gasteiger partial charge < -0.3 is 0 Å². The second-order valence-corrected chi connectivity index (χ2v) is 2.48. The summed E-state index contributed by atoms with van der Waals surface area (Å²) < 4.78 is 1.67. The van der Waals surface area contributed by atoms with Crippen LogP contribution in [0.15, 0.2) is 0 Å². The summed E-state index contributed by atoms with van der Waals surface area (Å²) >= 11 is 5.80. The van der Waals surface area contributed by atoms with Gasteiger partial charge in [0.25, 0.3) is 0 Å². The van der Waals surface area contributed by atoms with Gasteiger partial charge in [0, 0.05) is 12.6 Å². The van der Waals surface area contributed by atoms with Crippen molar-refractivity contribution in [1.29, 1.82) is 0 Å². The fourth-order valence-corrected chi connectivity index (χ4v) is 0.910. The van der Waals surface area contributed by atoms with Crippen LogP contribution in [0.4, 0.5) is 0 Å². The van der Waals surface area contributed by atoms with Crippen LogP contribution in [0, 0.1) is 13.8 Å². The molecule has 0 spiro atoms. The first-order valence-corrected chi connectivity index (χ1v) is 4.16. The van der Waals surface area contributed by atoms with Gasteiger partial charge >= 0.3 is 0 Å². The van der Waals surface area contributed by atoms with Crippen LogP contribution < -0.4 is 0 Å². The molecule has 0 aromatic carbocycles. The second kappa shape index (κ2) is 4.39. The first-order valence-electron chi connectivity index (χ1n) is 3.78. The third-order valence-corrected chi connectivity index (χ3v) is 1.96.